The molecule has 1 saturated heterocycles. The van der Waals surface area contributed by atoms with Crippen LogP contribution in [0.2, 0.25) is 0 Å². The van der Waals surface area contributed by atoms with E-state index in [1.807, 2.05) is 0 Å². The third kappa shape index (κ3) is 3.66. The van der Waals surface area contributed by atoms with E-state index in [1.165, 1.54) is 55.3 Å². The molecule has 5 aliphatic rings. The standard InChI is InChI=1S/C28H34N2O/c31-27(28-18-23-14-24(19-28)16-25(15-23)20-28)30-11-9-29(10-12-30)26-8-4-7-22(17-26)13-21-5-2-1-3-6-21/h1-8,17,23-25H,9-16,18-20H2. The molecule has 0 aromatic heterocycles. The van der Waals surface area contributed by atoms with Crippen molar-refractivity contribution in [3.05, 3.63) is 65.7 Å². The van der Waals surface area contributed by atoms with Crippen molar-refractivity contribution in [2.24, 2.45) is 23.2 Å². The summed E-state index contributed by atoms with van der Waals surface area (Å²) in [6, 6.07) is 19.7. The lowest BCUT2D eigenvalue weighted by molar-refractivity contribution is -0.158. The van der Waals surface area contributed by atoms with E-state index in [1.54, 1.807) is 0 Å². The van der Waals surface area contributed by atoms with Gasteiger partial charge in [0.2, 0.25) is 5.91 Å². The number of hydrogen-bond donors (Lipinski definition) is 0. The number of rotatable bonds is 4. The minimum atomic E-state index is 0.00647. The van der Waals surface area contributed by atoms with Crippen LogP contribution in [0.1, 0.15) is 49.7 Å². The Labute approximate surface area is 186 Å². The van der Waals surface area contributed by atoms with Gasteiger partial charge in [-0.1, -0.05) is 42.5 Å². The normalized spacial score (nSPS) is 31.8. The molecule has 2 aromatic carbocycles. The van der Waals surface area contributed by atoms with Gasteiger partial charge in [0.05, 0.1) is 5.41 Å². The molecule has 0 spiro atoms. The van der Waals surface area contributed by atoms with Gasteiger partial charge in [-0.3, -0.25) is 4.79 Å². The first-order valence-corrected chi connectivity index (χ1v) is 12.3. The fraction of sp³-hybridized carbons (Fsp3) is 0.536. The second-order valence-electron chi connectivity index (χ2n) is 10.8. The minimum absolute atomic E-state index is 0.00647. The van der Waals surface area contributed by atoms with Crippen LogP contribution in [0.15, 0.2) is 54.6 Å². The number of amides is 1. The van der Waals surface area contributed by atoms with E-state index in [4.69, 9.17) is 0 Å². The summed E-state index contributed by atoms with van der Waals surface area (Å²) < 4.78 is 0. The van der Waals surface area contributed by atoms with Crippen molar-refractivity contribution in [2.75, 3.05) is 31.1 Å². The molecule has 31 heavy (non-hydrogen) atoms. The lowest BCUT2D eigenvalue weighted by Gasteiger charge is -2.57. The molecule has 0 radical (unpaired) electrons. The van der Waals surface area contributed by atoms with Crippen molar-refractivity contribution >= 4 is 11.6 Å². The molecule has 162 valence electrons. The lowest BCUT2D eigenvalue weighted by atomic mass is 9.49. The van der Waals surface area contributed by atoms with Gasteiger partial charge in [-0.2, -0.15) is 0 Å². The Kier molecular flexibility index (Phi) is 4.81. The predicted octanol–water partition coefficient (Wildman–Crippen LogP) is 5.14. The topological polar surface area (TPSA) is 23.6 Å². The highest BCUT2D eigenvalue weighted by Gasteiger charge is 2.55. The zero-order valence-corrected chi connectivity index (χ0v) is 18.5. The highest BCUT2D eigenvalue weighted by atomic mass is 16.2. The summed E-state index contributed by atoms with van der Waals surface area (Å²) in [4.78, 5) is 18.3. The smallest absolute Gasteiger partial charge is 0.228 e. The van der Waals surface area contributed by atoms with E-state index in [-0.39, 0.29) is 5.41 Å². The highest BCUT2D eigenvalue weighted by Crippen LogP contribution is 2.60. The molecule has 1 heterocycles. The maximum Gasteiger partial charge on any atom is 0.228 e. The van der Waals surface area contributed by atoms with Crippen LogP contribution in [-0.4, -0.2) is 37.0 Å². The summed E-state index contributed by atoms with van der Waals surface area (Å²) in [5, 5.41) is 0. The maximum atomic E-state index is 13.7. The second-order valence-corrected chi connectivity index (χ2v) is 10.8. The molecule has 3 nitrogen and oxygen atoms in total. The summed E-state index contributed by atoms with van der Waals surface area (Å²) in [5.41, 5.74) is 4.02. The molecule has 0 N–H and O–H groups in total. The molecule has 5 fully saturated rings. The third-order valence-electron chi connectivity index (χ3n) is 8.59. The molecule has 7 rings (SSSR count). The third-order valence-corrected chi connectivity index (χ3v) is 8.59. The van der Waals surface area contributed by atoms with Crippen LogP contribution in [0, 0.1) is 23.2 Å². The molecule has 4 bridgehead atoms. The lowest BCUT2D eigenvalue weighted by Crippen LogP contribution is -2.58. The van der Waals surface area contributed by atoms with Gasteiger partial charge in [-0.15, -0.1) is 0 Å². The SMILES string of the molecule is O=C(N1CCN(c2cccc(Cc3ccccc3)c2)CC1)C12CC3CC(CC(C3)C1)C2. The van der Waals surface area contributed by atoms with Crippen LogP contribution < -0.4 is 4.90 Å². The Balaban J connectivity index is 1.11. The Hall–Kier alpha value is -2.29. The van der Waals surface area contributed by atoms with Crippen LogP contribution in [0.4, 0.5) is 5.69 Å². The number of piperazine rings is 1. The van der Waals surface area contributed by atoms with Gasteiger partial charge in [0, 0.05) is 31.9 Å². The first-order chi connectivity index (χ1) is 15.2. The van der Waals surface area contributed by atoms with Gasteiger partial charge in [0.1, 0.15) is 0 Å². The summed E-state index contributed by atoms with van der Waals surface area (Å²) in [6.07, 6.45) is 8.72. The molecule has 0 atom stereocenters. The van der Waals surface area contributed by atoms with E-state index in [9.17, 15) is 4.79 Å². The molecule has 1 aliphatic heterocycles. The number of carbonyl (C=O) groups is 1. The van der Waals surface area contributed by atoms with Crippen molar-refractivity contribution in [3.8, 4) is 0 Å². The summed E-state index contributed by atoms with van der Waals surface area (Å²) in [7, 11) is 0. The van der Waals surface area contributed by atoms with Crippen molar-refractivity contribution in [1.82, 2.24) is 4.90 Å². The van der Waals surface area contributed by atoms with E-state index >= 15 is 0 Å². The average Bonchev–Trinajstić information content (AvgIpc) is 2.79. The number of carbonyl (C=O) groups excluding carboxylic acids is 1. The van der Waals surface area contributed by atoms with Gasteiger partial charge in [0.25, 0.3) is 0 Å². The number of anilines is 1. The summed E-state index contributed by atoms with van der Waals surface area (Å²) in [6.45, 7) is 3.66. The maximum absolute atomic E-state index is 13.7. The zero-order chi connectivity index (χ0) is 20.8. The van der Waals surface area contributed by atoms with E-state index < -0.39 is 0 Å². The molecule has 3 heteroatoms. The van der Waals surface area contributed by atoms with E-state index in [2.05, 4.69) is 64.4 Å². The number of benzene rings is 2. The minimum Gasteiger partial charge on any atom is -0.368 e. The molecular weight excluding hydrogens is 380 g/mol. The second kappa shape index (κ2) is 7.69. The largest absolute Gasteiger partial charge is 0.368 e. The van der Waals surface area contributed by atoms with E-state index in [0.29, 0.717) is 5.91 Å². The quantitative estimate of drug-likeness (QED) is 0.691. The highest BCUT2D eigenvalue weighted by molar-refractivity contribution is 5.83. The Morgan fingerprint density at radius 3 is 2.03 bits per heavy atom. The van der Waals surface area contributed by atoms with Crippen molar-refractivity contribution in [3.63, 3.8) is 0 Å². The van der Waals surface area contributed by atoms with Gasteiger partial charge in [0.15, 0.2) is 0 Å². The van der Waals surface area contributed by atoms with Gasteiger partial charge in [-0.25, -0.2) is 0 Å². The molecule has 2 aromatic rings. The summed E-state index contributed by atoms with van der Waals surface area (Å²) >= 11 is 0. The van der Waals surface area contributed by atoms with E-state index in [0.717, 1.165) is 50.4 Å². The first kappa shape index (κ1) is 19.4. The monoisotopic (exact) mass is 414 g/mol. The molecule has 1 amide bonds. The van der Waals surface area contributed by atoms with Crippen LogP contribution >= 0.6 is 0 Å². The van der Waals surface area contributed by atoms with Crippen molar-refractivity contribution in [2.45, 2.75) is 44.9 Å². The Morgan fingerprint density at radius 1 is 0.774 bits per heavy atom. The first-order valence-electron chi connectivity index (χ1n) is 12.3. The number of nitrogens with zero attached hydrogens (tertiary/aromatic N) is 2. The molecule has 0 unspecified atom stereocenters. The summed E-state index contributed by atoms with van der Waals surface area (Å²) in [5.74, 6) is 3.01. The molecular formula is C28H34N2O. The van der Waals surface area contributed by atoms with Gasteiger partial charge in [-0.05, 0) is 86.0 Å². The van der Waals surface area contributed by atoms with Crippen LogP contribution in [0.3, 0.4) is 0 Å². The van der Waals surface area contributed by atoms with Gasteiger partial charge >= 0.3 is 0 Å². The van der Waals surface area contributed by atoms with Gasteiger partial charge < -0.3 is 9.80 Å². The average molecular weight is 415 g/mol. The Morgan fingerprint density at radius 2 is 1.39 bits per heavy atom. The fourth-order valence-electron chi connectivity index (χ4n) is 7.57. The number of hydrogen-bond acceptors (Lipinski definition) is 2. The van der Waals surface area contributed by atoms with Crippen molar-refractivity contribution in [1.29, 1.82) is 0 Å². The van der Waals surface area contributed by atoms with Crippen LogP contribution in [-0.2, 0) is 11.2 Å². The Bertz CT molecular complexity index is 909. The molecule has 4 aliphatic carbocycles. The predicted molar refractivity (Wildman–Crippen MR) is 125 cm³/mol. The van der Waals surface area contributed by atoms with Crippen LogP contribution in [0.5, 0.6) is 0 Å². The van der Waals surface area contributed by atoms with Crippen LogP contribution in [0.25, 0.3) is 0 Å². The fourth-order valence-corrected chi connectivity index (χ4v) is 7.57. The molecule has 4 saturated carbocycles. The van der Waals surface area contributed by atoms with Crippen molar-refractivity contribution < 1.29 is 4.79 Å². The zero-order valence-electron chi connectivity index (χ0n) is 18.5.